The van der Waals surface area contributed by atoms with Crippen LogP contribution in [0.3, 0.4) is 0 Å². The van der Waals surface area contributed by atoms with Gasteiger partial charge in [0.2, 0.25) is 0 Å². The van der Waals surface area contributed by atoms with E-state index in [1.165, 1.54) is 5.54 Å². The minimum absolute atomic E-state index is 0.268. The summed E-state index contributed by atoms with van der Waals surface area (Å²) in [5.74, 6) is 0.268. The third-order valence-electron chi connectivity index (χ3n) is 2.08. The first kappa shape index (κ1) is 18.2. The van der Waals surface area contributed by atoms with Gasteiger partial charge in [-0.05, 0) is 32.0 Å². The van der Waals surface area contributed by atoms with Crippen LogP contribution >= 0.6 is 41.5 Å². The summed E-state index contributed by atoms with van der Waals surface area (Å²) in [5.41, 5.74) is 1.76. The first-order valence-electron chi connectivity index (χ1n) is 5.80. The Labute approximate surface area is 139 Å². The SMILES string of the molecule is CCOP(=S)(OCC)O/C(=C\Cl)c1cc(Cl)ccc1Cl. The maximum atomic E-state index is 6.11. The van der Waals surface area contributed by atoms with E-state index in [-0.39, 0.29) is 5.76 Å². The fourth-order valence-electron chi connectivity index (χ4n) is 1.34. The third kappa shape index (κ3) is 5.19. The monoisotopic (exact) mass is 374 g/mol. The van der Waals surface area contributed by atoms with E-state index in [0.29, 0.717) is 28.8 Å². The standard InChI is InChI=1S/C12H14Cl3O3PS/c1-3-16-19(20,17-4-2)18-12(8-13)10-7-9(14)5-6-11(10)15/h5-8H,3-4H2,1-2H3/b12-8-. The van der Waals surface area contributed by atoms with E-state index in [1.54, 1.807) is 32.0 Å². The second-order valence-electron chi connectivity index (χ2n) is 3.47. The number of hydrogen-bond acceptors (Lipinski definition) is 4. The summed E-state index contributed by atoms with van der Waals surface area (Å²) in [6, 6.07) is 4.95. The lowest BCUT2D eigenvalue weighted by molar-refractivity contribution is 0.210. The van der Waals surface area contributed by atoms with Gasteiger partial charge in [0.05, 0.1) is 18.2 Å². The Morgan fingerprint density at radius 1 is 1.25 bits per heavy atom. The highest BCUT2D eigenvalue weighted by Crippen LogP contribution is 2.53. The maximum Gasteiger partial charge on any atom is 0.380 e. The summed E-state index contributed by atoms with van der Waals surface area (Å²) in [4.78, 5) is 0. The molecule has 0 heterocycles. The fourth-order valence-corrected chi connectivity index (χ4v) is 4.03. The van der Waals surface area contributed by atoms with E-state index in [1.807, 2.05) is 0 Å². The molecule has 8 heteroatoms. The van der Waals surface area contributed by atoms with Crippen LogP contribution in [-0.2, 0) is 25.4 Å². The zero-order chi connectivity index (χ0) is 15.2. The number of rotatable bonds is 7. The highest BCUT2D eigenvalue weighted by Gasteiger charge is 2.24. The molecule has 1 rings (SSSR count). The molecule has 0 radical (unpaired) electrons. The molecular formula is C12H14Cl3O3PS. The molecule has 0 N–H and O–H groups in total. The number of hydrogen-bond donors (Lipinski definition) is 0. The van der Waals surface area contributed by atoms with Gasteiger partial charge in [-0.1, -0.05) is 34.8 Å². The quantitative estimate of drug-likeness (QED) is 0.442. The van der Waals surface area contributed by atoms with Crippen LogP contribution in [0.2, 0.25) is 10.0 Å². The number of benzene rings is 1. The summed E-state index contributed by atoms with van der Waals surface area (Å²) < 4.78 is 16.5. The van der Waals surface area contributed by atoms with Gasteiger partial charge in [-0.2, -0.15) is 0 Å². The smallest absolute Gasteiger partial charge is 0.380 e. The van der Waals surface area contributed by atoms with Crippen molar-refractivity contribution in [2.24, 2.45) is 0 Å². The molecule has 20 heavy (non-hydrogen) atoms. The normalized spacial score (nSPS) is 12.6. The molecule has 0 aliphatic rings. The lowest BCUT2D eigenvalue weighted by Crippen LogP contribution is -2.00. The highest BCUT2D eigenvalue weighted by molar-refractivity contribution is 8.07. The molecule has 0 saturated carbocycles. The molecule has 112 valence electrons. The van der Waals surface area contributed by atoms with E-state index < -0.39 is 6.72 Å². The van der Waals surface area contributed by atoms with Crippen LogP contribution < -0.4 is 0 Å². The molecule has 0 bridgehead atoms. The lowest BCUT2D eigenvalue weighted by atomic mass is 10.2. The van der Waals surface area contributed by atoms with Crippen molar-refractivity contribution in [2.45, 2.75) is 13.8 Å². The average molecular weight is 376 g/mol. The van der Waals surface area contributed by atoms with Gasteiger partial charge in [0.15, 0.2) is 0 Å². The predicted octanol–water partition coefficient (Wildman–Crippen LogP) is 5.84. The first-order chi connectivity index (χ1) is 9.45. The van der Waals surface area contributed by atoms with Crippen LogP contribution in [-0.4, -0.2) is 13.2 Å². The molecule has 1 aromatic rings. The molecule has 0 aliphatic heterocycles. The van der Waals surface area contributed by atoms with E-state index in [9.17, 15) is 0 Å². The van der Waals surface area contributed by atoms with Crippen molar-refractivity contribution in [3.63, 3.8) is 0 Å². The molecule has 3 nitrogen and oxygen atoms in total. The van der Waals surface area contributed by atoms with Crippen molar-refractivity contribution in [3.8, 4) is 0 Å². The van der Waals surface area contributed by atoms with Crippen LogP contribution in [0, 0.1) is 0 Å². The number of halogens is 3. The Morgan fingerprint density at radius 3 is 2.35 bits per heavy atom. The molecule has 0 aliphatic carbocycles. The Morgan fingerprint density at radius 2 is 1.85 bits per heavy atom. The molecule has 0 unspecified atom stereocenters. The van der Waals surface area contributed by atoms with E-state index in [4.69, 9.17) is 60.2 Å². The van der Waals surface area contributed by atoms with Crippen molar-refractivity contribution in [1.82, 2.24) is 0 Å². The van der Waals surface area contributed by atoms with Gasteiger partial charge in [0.1, 0.15) is 5.76 Å². The lowest BCUT2D eigenvalue weighted by Gasteiger charge is -2.22. The summed E-state index contributed by atoms with van der Waals surface area (Å²) in [6.45, 7) is 1.44. The fraction of sp³-hybridized carbons (Fsp3) is 0.333. The Kier molecular flexibility index (Phi) is 7.84. The molecule has 1 aromatic carbocycles. The van der Waals surface area contributed by atoms with Gasteiger partial charge in [0, 0.05) is 27.9 Å². The van der Waals surface area contributed by atoms with E-state index >= 15 is 0 Å². The second-order valence-corrected chi connectivity index (χ2v) is 7.47. The van der Waals surface area contributed by atoms with Crippen molar-refractivity contribution < 1.29 is 13.6 Å². The molecule has 0 saturated heterocycles. The topological polar surface area (TPSA) is 27.7 Å². The zero-order valence-electron chi connectivity index (χ0n) is 10.9. The predicted molar refractivity (Wildman–Crippen MR) is 88.9 cm³/mol. The minimum Gasteiger partial charge on any atom is -0.422 e. The van der Waals surface area contributed by atoms with Gasteiger partial charge < -0.3 is 4.52 Å². The Hall–Kier alpha value is 0.200. The summed E-state index contributed by atoms with van der Waals surface area (Å²) in [7, 11) is 0. The molecule has 0 aromatic heterocycles. The summed E-state index contributed by atoms with van der Waals surface area (Å²) >= 11 is 23.2. The van der Waals surface area contributed by atoms with Crippen LogP contribution in [0.25, 0.3) is 5.76 Å². The third-order valence-corrected chi connectivity index (χ3v) is 5.27. The van der Waals surface area contributed by atoms with E-state index in [0.717, 1.165) is 0 Å². The molecule has 0 spiro atoms. The van der Waals surface area contributed by atoms with Gasteiger partial charge in [-0.15, -0.1) is 0 Å². The second kappa shape index (κ2) is 8.60. The highest BCUT2D eigenvalue weighted by atomic mass is 35.5. The maximum absolute atomic E-state index is 6.11. The minimum atomic E-state index is -2.91. The van der Waals surface area contributed by atoms with Gasteiger partial charge >= 0.3 is 6.72 Å². The summed E-state index contributed by atoms with van der Waals surface area (Å²) in [5, 5.41) is 0.945. The largest absolute Gasteiger partial charge is 0.422 e. The first-order valence-corrected chi connectivity index (χ1v) is 9.55. The van der Waals surface area contributed by atoms with Crippen molar-refractivity contribution in [1.29, 1.82) is 0 Å². The Bertz CT molecular complexity index is 527. The van der Waals surface area contributed by atoms with Crippen LogP contribution in [0.4, 0.5) is 0 Å². The van der Waals surface area contributed by atoms with Gasteiger partial charge in [0.25, 0.3) is 0 Å². The molecular weight excluding hydrogens is 362 g/mol. The van der Waals surface area contributed by atoms with Gasteiger partial charge in [-0.25, -0.2) is 0 Å². The van der Waals surface area contributed by atoms with Crippen LogP contribution in [0.5, 0.6) is 0 Å². The van der Waals surface area contributed by atoms with Crippen molar-refractivity contribution in [2.75, 3.05) is 13.2 Å². The summed E-state index contributed by atoms with van der Waals surface area (Å²) in [6.07, 6.45) is 0. The van der Waals surface area contributed by atoms with Gasteiger partial charge in [-0.3, -0.25) is 9.05 Å². The van der Waals surface area contributed by atoms with Crippen molar-refractivity contribution >= 4 is 59.1 Å². The van der Waals surface area contributed by atoms with Crippen molar-refractivity contribution in [3.05, 3.63) is 39.3 Å². The molecule has 0 amide bonds. The molecule has 0 atom stereocenters. The van der Waals surface area contributed by atoms with E-state index in [2.05, 4.69) is 0 Å². The average Bonchev–Trinajstić information content (AvgIpc) is 2.40. The molecule has 0 fully saturated rings. The Balaban J connectivity index is 3.08. The van der Waals surface area contributed by atoms with Crippen LogP contribution in [0.1, 0.15) is 19.4 Å². The zero-order valence-corrected chi connectivity index (χ0v) is 14.9. The van der Waals surface area contributed by atoms with Crippen LogP contribution in [0.15, 0.2) is 23.7 Å².